The lowest BCUT2D eigenvalue weighted by molar-refractivity contribution is -0.313. The van der Waals surface area contributed by atoms with Crippen molar-refractivity contribution in [3.05, 3.63) is 11.6 Å². The first kappa shape index (κ1) is 46.1. The van der Waals surface area contributed by atoms with Gasteiger partial charge in [-0.1, -0.05) is 150 Å². The molecular weight excluding hydrogens is 701 g/mol. The first-order valence-electron chi connectivity index (χ1n) is 24.1. The van der Waals surface area contributed by atoms with E-state index in [1.807, 2.05) is 0 Å². The Balaban J connectivity index is 1.03. The number of hydrogen-bond donors (Lipinski definition) is 3. The number of carbonyl (C=O) groups excluding carboxylic acids is 1. The zero-order valence-corrected chi connectivity index (χ0v) is 36.9. The van der Waals surface area contributed by atoms with Crippen LogP contribution in [0.5, 0.6) is 0 Å². The average Bonchev–Trinajstić information content (AvgIpc) is 3.53. The Morgan fingerprint density at radius 3 is 2.11 bits per heavy atom. The molecule has 3 saturated carbocycles. The minimum Gasteiger partial charge on any atom is -0.463 e. The highest BCUT2D eigenvalue weighted by atomic mass is 16.7. The lowest BCUT2D eigenvalue weighted by Gasteiger charge is -2.58. The lowest BCUT2D eigenvalue weighted by atomic mass is 9.47. The summed E-state index contributed by atoms with van der Waals surface area (Å²) in [6.07, 6.45) is 26.2. The Morgan fingerprint density at radius 1 is 0.786 bits per heavy atom. The van der Waals surface area contributed by atoms with Crippen LogP contribution in [0.1, 0.15) is 202 Å². The van der Waals surface area contributed by atoms with Crippen LogP contribution in [0.2, 0.25) is 0 Å². The Hall–Kier alpha value is -0.990. The second kappa shape index (κ2) is 22.0. The number of hydrogen-bond acceptors (Lipinski definition) is 7. The van der Waals surface area contributed by atoms with E-state index >= 15 is 0 Å². The van der Waals surface area contributed by atoms with Crippen molar-refractivity contribution in [1.29, 1.82) is 0 Å². The SMILES string of the molecule is CCCCCCCCCCCCCCCC(=O)OC[C@H]1O[C@@H](OC2CC[C@@]3(C)C(=CCC4C3CC[C@@]3(C)C4CC[C@@H]3[C@H](C)CCCC(C)C)C2)[C@H](O)[C@@H](O)[C@H]1O. The fraction of sp³-hybridized carbons (Fsp3) is 0.939. The molecule has 7 heteroatoms. The summed E-state index contributed by atoms with van der Waals surface area (Å²) in [5.41, 5.74) is 2.15. The van der Waals surface area contributed by atoms with Gasteiger partial charge in [-0.2, -0.15) is 0 Å². The molecule has 0 amide bonds. The zero-order chi connectivity index (χ0) is 40.3. The predicted molar refractivity (Wildman–Crippen MR) is 226 cm³/mol. The van der Waals surface area contributed by atoms with Crippen molar-refractivity contribution in [2.75, 3.05) is 6.61 Å². The van der Waals surface area contributed by atoms with Crippen molar-refractivity contribution in [1.82, 2.24) is 0 Å². The third-order valence-electron chi connectivity index (χ3n) is 16.1. The van der Waals surface area contributed by atoms with Crippen LogP contribution in [0.15, 0.2) is 11.6 Å². The van der Waals surface area contributed by atoms with Gasteiger partial charge in [0.2, 0.25) is 0 Å². The molecule has 0 aromatic rings. The van der Waals surface area contributed by atoms with E-state index in [0.717, 1.165) is 74.5 Å². The second-order valence-corrected chi connectivity index (χ2v) is 20.5. The van der Waals surface area contributed by atoms with Crippen LogP contribution in [0.3, 0.4) is 0 Å². The largest absolute Gasteiger partial charge is 0.463 e. The Labute approximate surface area is 342 Å². The second-order valence-electron chi connectivity index (χ2n) is 20.5. The van der Waals surface area contributed by atoms with Gasteiger partial charge >= 0.3 is 5.97 Å². The van der Waals surface area contributed by atoms with E-state index in [9.17, 15) is 20.1 Å². The van der Waals surface area contributed by atoms with Crippen molar-refractivity contribution < 1.29 is 34.3 Å². The summed E-state index contributed by atoms with van der Waals surface area (Å²) < 4.78 is 18.0. The number of aliphatic hydroxyl groups is 3. The van der Waals surface area contributed by atoms with Crippen molar-refractivity contribution in [2.24, 2.45) is 46.3 Å². The molecule has 0 radical (unpaired) electrons. The highest BCUT2D eigenvalue weighted by molar-refractivity contribution is 5.69. The highest BCUT2D eigenvalue weighted by Gasteiger charge is 2.59. The number of unbranched alkanes of at least 4 members (excludes halogenated alkanes) is 12. The molecule has 5 rings (SSSR count). The fourth-order valence-electron chi connectivity index (χ4n) is 12.7. The van der Waals surface area contributed by atoms with E-state index in [1.165, 1.54) is 115 Å². The number of rotatable bonds is 23. The number of fused-ring (bicyclic) bond motifs is 5. The van der Waals surface area contributed by atoms with Gasteiger partial charge in [0.15, 0.2) is 6.29 Å². The van der Waals surface area contributed by atoms with Crippen LogP contribution >= 0.6 is 0 Å². The van der Waals surface area contributed by atoms with Crippen LogP contribution < -0.4 is 0 Å². The monoisotopic (exact) mass is 787 g/mol. The highest BCUT2D eigenvalue weighted by Crippen LogP contribution is 2.67. The summed E-state index contributed by atoms with van der Waals surface area (Å²) in [5, 5.41) is 32.4. The summed E-state index contributed by atoms with van der Waals surface area (Å²) in [7, 11) is 0. The van der Waals surface area contributed by atoms with Gasteiger partial charge in [0.1, 0.15) is 31.0 Å². The number of carbonyl (C=O) groups is 1. The van der Waals surface area contributed by atoms with Gasteiger partial charge in [-0.05, 0) is 104 Å². The molecule has 1 aliphatic heterocycles. The van der Waals surface area contributed by atoms with Gasteiger partial charge in [-0.25, -0.2) is 0 Å². The lowest BCUT2D eigenvalue weighted by Crippen LogP contribution is -2.60. The Bertz CT molecular complexity index is 1200. The summed E-state index contributed by atoms with van der Waals surface area (Å²) in [6.45, 7) is 14.5. The molecule has 0 spiro atoms. The van der Waals surface area contributed by atoms with E-state index in [1.54, 1.807) is 0 Å². The molecule has 0 bridgehead atoms. The van der Waals surface area contributed by atoms with Crippen molar-refractivity contribution in [3.63, 3.8) is 0 Å². The Kier molecular flexibility index (Phi) is 18.1. The molecule has 0 aromatic heterocycles. The molecule has 4 fully saturated rings. The molecule has 1 saturated heterocycles. The maximum atomic E-state index is 12.6. The van der Waals surface area contributed by atoms with Crippen molar-refractivity contribution in [3.8, 4) is 0 Å². The van der Waals surface area contributed by atoms with Crippen LogP contribution in [0.4, 0.5) is 0 Å². The summed E-state index contributed by atoms with van der Waals surface area (Å²) in [6, 6.07) is 0. The molecule has 56 heavy (non-hydrogen) atoms. The third kappa shape index (κ3) is 11.6. The van der Waals surface area contributed by atoms with Gasteiger partial charge in [0.05, 0.1) is 6.10 Å². The molecule has 5 aliphatic rings. The van der Waals surface area contributed by atoms with Crippen LogP contribution in [0, 0.1) is 46.3 Å². The molecule has 3 N–H and O–H groups in total. The van der Waals surface area contributed by atoms with Crippen molar-refractivity contribution in [2.45, 2.75) is 239 Å². The van der Waals surface area contributed by atoms with E-state index in [0.29, 0.717) is 17.8 Å². The number of aliphatic hydroxyl groups excluding tert-OH is 3. The number of allylic oxidation sites excluding steroid dienone is 1. The fourth-order valence-corrected chi connectivity index (χ4v) is 12.7. The first-order valence-corrected chi connectivity index (χ1v) is 24.1. The minimum absolute atomic E-state index is 0.136. The van der Waals surface area contributed by atoms with Gasteiger partial charge < -0.3 is 29.5 Å². The summed E-state index contributed by atoms with van der Waals surface area (Å²) >= 11 is 0. The van der Waals surface area contributed by atoms with Crippen LogP contribution in [-0.4, -0.2) is 64.7 Å². The first-order chi connectivity index (χ1) is 26.9. The smallest absolute Gasteiger partial charge is 0.305 e. The van der Waals surface area contributed by atoms with Gasteiger partial charge in [-0.3, -0.25) is 4.79 Å². The molecule has 1 heterocycles. The molecular formula is C49H86O7. The average molecular weight is 787 g/mol. The molecule has 4 unspecified atom stereocenters. The van der Waals surface area contributed by atoms with Gasteiger partial charge in [0, 0.05) is 6.42 Å². The number of ether oxygens (including phenoxy) is 3. The van der Waals surface area contributed by atoms with E-state index in [2.05, 4.69) is 47.6 Å². The summed E-state index contributed by atoms with van der Waals surface area (Å²) in [5.74, 6) is 4.45. The molecule has 13 atom stereocenters. The maximum Gasteiger partial charge on any atom is 0.305 e. The number of esters is 1. The minimum atomic E-state index is -1.44. The normalized spacial score (nSPS) is 37.4. The quantitative estimate of drug-likeness (QED) is 0.0538. The van der Waals surface area contributed by atoms with E-state index in [4.69, 9.17) is 14.2 Å². The van der Waals surface area contributed by atoms with Crippen LogP contribution in [0.25, 0.3) is 0 Å². The Morgan fingerprint density at radius 2 is 1.45 bits per heavy atom. The van der Waals surface area contributed by atoms with E-state index < -0.39 is 30.7 Å². The van der Waals surface area contributed by atoms with Gasteiger partial charge in [0.25, 0.3) is 0 Å². The van der Waals surface area contributed by atoms with Gasteiger partial charge in [-0.15, -0.1) is 0 Å². The summed E-state index contributed by atoms with van der Waals surface area (Å²) in [4.78, 5) is 12.6. The van der Waals surface area contributed by atoms with Crippen molar-refractivity contribution >= 4 is 5.97 Å². The third-order valence-corrected chi connectivity index (χ3v) is 16.1. The molecule has 7 nitrogen and oxygen atoms in total. The zero-order valence-electron chi connectivity index (χ0n) is 36.9. The molecule has 324 valence electrons. The molecule has 4 aliphatic carbocycles. The van der Waals surface area contributed by atoms with Crippen LogP contribution in [-0.2, 0) is 19.0 Å². The molecule has 0 aromatic carbocycles. The standard InChI is InChI=1S/C49H86O7/c1-7-8-9-10-11-12-13-14-15-16-17-18-19-23-43(50)54-33-42-44(51)45(52)46(53)47(56-42)55-37-28-30-48(5)36(32-37)24-25-38-40-27-26-39(35(4)22-20-21-34(2)3)49(40,6)31-29-41(38)48/h24,34-35,37-42,44-47,51-53H,7-23,25-33H2,1-6H3/t35-,37?,38?,39-,40?,41?,42-,44+,45+,46-,47-,48+,49-/m1/s1. The predicted octanol–water partition coefficient (Wildman–Crippen LogP) is 11.2. The van der Waals surface area contributed by atoms with E-state index in [-0.39, 0.29) is 24.1 Å². The maximum absolute atomic E-state index is 12.6. The topological polar surface area (TPSA) is 105 Å².